The number of hydrogen-bond acceptors (Lipinski definition) is 5. The van der Waals surface area contributed by atoms with Crippen LogP contribution < -0.4 is 5.43 Å². The lowest BCUT2D eigenvalue weighted by Gasteiger charge is -2.17. The van der Waals surface area contributed by atoms with E-state index >= 15 is 0 Å². The van der Waals surface area contributed by atoms with E-state index in [0.29, 0.717) is 25.2 Å². The molecule has 0 radical (unpaired) electrons. The zero-order valence-electron chi connectivity index (χ0n) is 13.7. The molecule has 1 aliphatic rings. The van der Waals surface area contributed by atoms with Crippen molar-refractivity contribution in [1.82, 2.24) is 25.3 Å². The molecule has 0 aliphatic carbocycles. The van der Waals surface area contributed by atoms with Crippen molar-refractivity contribution in [3.8, 4) is 0 Å². The van der Waals surface area contributed by atoms with E-state index in [2.05, 4.69) is 25.3 Å². The molecule has 0 amide bonds. The Morgan fingerprint density at radius 3 is 2.88 bits per heavy atom. The Hall–Kier alpha value is -2.48. The van der Waals surface area contributed by atoms with Crippen LogP contribution in [0.2, 0.25) is 0 Å². The maximum atomic E-state index is 12.1. The highest BCUT2D eigenvalue weighted by atomic mass is 16.4. The summed E-state index contributed by atoms with van der Waals surface area (Å²) in [5.74, 6) is -0.808. The molecule has 1 saturated heterocycles. The summed E-state index contributed by atoms with van der Waals surface area (Å²) in [6.45, 7) is 5.54. The molecule has 0 aromatic carbocycles. The van der Waals surface area contributed by atoms with Gasteiger partial charge in [-0.05, 0) is 19.8 Å². The minimum Gasteiger partial charge on any atom is -0.481 e. The minimum absolute atomic E-state index is 0.0231. The molecule has 2 atom stereocenters. The van der Waals surface area contributed by atoms with Gasteiger partial charge in [0.2, 0.25) is 0 Å². The smallest absolute Gasteiger partial charge is 0.303 e. The monoisotopic (exact) mass is 331 g/mol. The standard InChI is InChI=1S/C16H21N5O3/c1-9-4-17-14(10(2)16(9)24)8-21-6-11(3-15(22)23)12(7-21)13-5-18-20-19-13/h4-5,11-12H,3,6-8H2,1-2H3,(H,17,24)(H,22,23)(H,18,19,20)/t11-,12+/m0/s1. The largest absolute Gasteiger partial charge is 0.481 e. The Morgan fingerprint density at radius 2 is 2.21 bits per heavy atom. The van der Waals surface area contributed by atoms with Crippen LogP contribution in [0.5, 0.6) is 0 Å². The quantitative estimate of drug-likeness (QED) is 0.746. The minimum atomic E-state index is -0.810. The summed E-state index contributed by atoms with van der Waals surface area (Å²) in [4.78, 5) is 28.6. The van der Waals surface area contributed by atoms with E-state index in [1.165, 1.54) is 0 Å². The lowest BCUT2D eigenvalue weighted by molar-refractivity contribution is -0.138. The fraction of sp³-hybridized carbons (Fsp3) is 0.500. The van der Waals surface area contributed by atoms with Crippen molar-refractivity contribution in [2.75, 3.05) is 13.1 Å². The maximum Gasteiger partial charge on any atom is 0.303 e. The summed E-state index contributed by atoms with van der Waals surface area (Å²) >= 11 is 0. The topological polar surface area (TPSA) is 115 Å². The number of aromatic nitrogens is 4. The summed E-state index contributed by atoms with van der Waals surface area (Å²) in [6.07, 6.45) is 3.48. The molecule has 3 heterocycles. The summed E-state index contributed by atoms with van der Waals surface area (Å²) in [5.41, 5.74) is 3.13. The van der Waals surface area contributed by atoms with Crippen LogP contribution in [0, 0.1) is 19.8 Å². The van der Waals surface area contributed by atoms with Gasteiger partial charge in [0, 0.05) is 48.6 Å². The Kier molecular flexibility index (Phi) is 4.48. The number of nitrogens with one attached hydrogen (secondary N) is 2. The number of carboxylic acid groups (broad SMARTS) is 1. The second kappa shape index (κ2) is 6.56. The Bertz CT molecular complexity index is 784. The molecule has 8 heteroatoms. The second-order valence-corrected chi connectivity index (χ2v) is 6.46. The summed E-state index contributed by atoms with van der Waals surface area (Å²) in [7, 11) is 0. The van der Waals surface area contributed by atoms with Crippen molar-refractivity contribution in [1.29, 1.82) is 0 Å². The number of pyridine rings is 1. The average molecular weight is 331 g/mol. The van der Waals surface area contributed by atoms with Crippen molar-refractivity contribution < 1.29 is 9.90 Å². The molecule has 0 spiro atoms. The van der Waals surface area contributed by atoms with Crippen LogP contribution in [0.25, 0.3) is 0 Å². The van der Waals surface area contributed by atoms with Gasteiger partial charge in [0.05, 0.1) is 18.3 Å². The lowest BCUT2D eigenvalue weighted by Crippen LogP contribution is -2.24. The number of hydrogen-bond donors (Lipinski definition) is 3. The van der Waals surface area contributed by atoms with Crippen LogP contribution in [0.15, 0.2) is 17.2 Å². The molecule has 24 heavy (non-hydrogen) atoms. The fourth-order valence-electron chi connectivity index (χ4n) is 3.43. The van der Waals surface area contributed by atoms with Gasteiger partial charge < -0.3 is 10.1 Å². The van der Waals surface area contributed by atoms with Crippen LogP contribution >= 0.6 is 0 Å². The highest BCUT2D eigenvalue weighted by Gasteiger charge is 2.36. The van der Waals surface area contributed by atoms with Crippen molar-refractivity contribution in [3.05, 3.63) is 45.1 Å². The third-order valence-corrected chi connectivity index (χ3v) is 4.76. The highest BCUT2D eigenvalue weighted by molar-refractivity contribution is 5.67. The van der Waals surface area contributed by atoms with Gasteiger partial charge in [-0.25, -0.2) is 0 Å². The number of rotatable bonds is 5. The number of H-pyrrole nitrogens is 2. The first-order valence-corrected chi connectivity index (χ1v) is 7.93. The zero-order valence-corrected chi connectivity index (χ0v) is 13.7. The van der Waals surface area contributed by atoms with Crippen LogP contribution in [0.4, 0.5) is 0 Å². The molecule has 0 saturated carbocycles. The summed E-state index contributed by atoms with van der Waals surface area (Å²) in [6, 6.07) is 0. The van der Waals surface area contributed by atoms with Gasteiger partial charge in [-0.2, -0.15) is 15.4 Å². The summed E-state index contributed by atoms with van der Waals surface area (Å²) in [5, 5.41) is 19.7. The number of aliphatic carboxylic acids is 1. The fourth-order valence-corrected chi connectivity index (χ4v) is 3.43. The predicted molar refractivity (Wildman–Crippen MR) is 86.7 cm³/mol. The van der Waals surface area contributed by atoms with Gasteiger partial charge in [-0.3, -0.25) is 14.5 Å². The molecule has 1 fully saturated rings. The van der Waals surface area contributed by atoms with Crippen LogP contribution in [0.1, 0.15) is 34.9 Å². The van der Waals surface area contributed by atoms with Gasteiger partial charge in [0.15, 0.2) is 5.43 Å². The Labute approximate surface area is 138 Å². The average Bonchev–Trinajstić information content (AvgIpc) is 3.17. The molecule has 8 nitrogen and oxygen atoms in total. The normalized spacial score (nSPS) is 21.2. The lowest BCUT2D eigenvalue weighted by atomic mass is 9.91. The first-order valence-electron chi connectivity index (χ1n) is 7.93. The molecule has 2 aromatic heterocycles. The van der Waals surface area contributed by atoms with Crippen LogP contribution in [0.3, 0.4) is 0 Å². The Balaban J connectivity index is 1.79. The van der Waals surface area contributed by atoms with E-state index in [0.717, 1.165) is 17.0 Å². The van der Waals surface area contributed by atoms with Crippen LogP contribution in [-0.2, 0) is 11.3 Å². The number of carbonyl (C=O) groups is 1. The van der Waals surface area contributed by atoms with E-state index in [1.54, 1.807) is 19.3 Å². The van der Waals surface area contributed by atoms with Crippen molar-refractivity contribution >= 4 is 5.97 Å². The summed E-state index contributed by atoms with van der Waals surface area (Å²) < 4.78 is 0. The van der Waals surface area contributed by atoms with Crippen molar-refractivity contribution in [2.45, 2.75) is 32.7 Å². The number of likely N-dealkylation sites (tertiary alicyclic amines) is 1. The maximum absolute atomic E-state index is 12.1. The number of aromatic amines is 2. The highest BCUT2D eigenvalue weighted by Crippen LogP contribution is 2.34. The van der Waals surface area contributed by atoms with E-state index in [9.17, 15) is 9.59 Å². The van der Waals surface area contributed by atoms with Crippen molar-refractivity contribution in [2.24, 2.45) is 5.92 Å². The Morgan fingerprint density at radius 1 is 1.42 bits per heavy atom. The molecule has 3 rings (SSSR count). The SMILES string of the molecule is Cc1c[nH]c(CN2C[C@H](CC(=O)O)[C@H](c3cn[nH]n3)C2)c(C)c1=O. The van der Waals surface area contributed by atoms with E-state index < -0.39 is 5.97 Å². The third-order valence-electron chi connectivity index (χ3n) is 4.76. The zero-order chi connectivity index (χ0) is 17.3. The van der Waals surface area contributed by atoms with Crippen LogP contribution in [-0.4, -0.2) is 49.5 Å². The van der Waals surface area contributed by atoms with Gasteiger partial charge in [0.25, 0.3) is 0 Å². The van der Waals surface area contributed by atoms with E-state index in [-0.39, 0.29) is 23.7 Å². The van der Waals surface area contributed by atoms with E-state index in [1.807, 2.05) is 6.92 Å². The molecule has 0 bridgehead atoms. The number of carboxylic acids is 1. The van der Waals surface area contributed by atoms with Gasteiger partial charge in [-0.1, -0.05) is 0 Å². The van der Waals surface area contributed by atoms with Gasteiger partial charge >= 0.3 is 5.97 Å². The second-order valence-electron chi connectivity index (χ2n) is 6.46. The number of aryl methyl sites for hydroxylation is 1. The van der Waals surface area contributed by atoms with E-state index in [4.69, 9.17) is 5.11 Å². The first kappa shape index (κ1) is 16.4. The van der Waals surface area contributed by atoms with Gasteiger partial charge in [-0.15, -0.1) is 0 Å². The van der Waals surface area contributed by atoms with Gasteiger partial charge in [0.1, 0.15) is 0 Å². The molecule has 128 valence electrons. The molecule has 2 aromatic rings. The molecule has 1 aliphatic heterocycles. The molecule has 3 N–H and O–H groups in total. The van der Waals surface area contributed by atoms with Crippen molar-refractivity contribution in [3.63, 3.8) is 0 Å². The molecular weight excluding hydrogens is 310 g/mol. The molecule has 0 unspecified atom stereocenters. The first-order chi connectivity index (χ1) is 11.5. The predicted octanol–water partition coefficient (Wildman–Crippen LogP) is 0.800. The third kappa shape index (κ3) is 3.23. The molecular formula is C16H21N5O3. The number of nitrogens with zero attached hydrogens (tertiary/aromatic N) is 3.